The van der Waals surface area contributed by atoms with Crippen LogP contribution in [-0.4, -0.2) is 25.7 Å². The van der Waals surface area contributed by atoms with Gasteiger partial charge in [0.1, 0.15) is 5.58 Å². The second-order valence-electron chi connectivity index (χ2n) is 6.98. The van der Waals surface area contributed by atoms with Crippen molar-refractivity contribution in [2.75, 3.05) is 13.7 Å². The first-order chi connectivity index (χ1) is 15.5. The zero-order chi connectivity index (χ0) is 22.7. The van der Waals surface area contributed by atoms with Crippen molar-refractivity contribution in [2.24, 2.45) is 0 Å². The fourth-order valence-electron chi connectivity index (χ4n) is 3.68. The number of carbonyl (C=O) groups excluding carboxylic acids is 2. The number of esters is 2. The van der Waals surface area contributed by atoms with Gasteiger partial charge in [0.2, 0.25) is 0 Å². The van der Waals surface area contributed by atoms with Gasteiger partial charge in [-0.05, 0) is 30.2 Å². The molecule has 32 heavy (non-hydrogen) atoms. The van der Waals surface area contributed by atoms with E-state index in [0.29, 0.717) is 22.1 Å². The fraction of sp³-hybridized carbons (Fsp3) is 0.115. The minimum absolute atomic E-state index is 0.0342. The van der Waals surface area contributed by atoms with Crippen LogP contribution in [0, 0.1) is 0 Å². The Bertz CT molecular complexity index is 1350. The third-order valence-electron chi connectivity index (χ3n) is 5.07. The molecule has 4 aromatic rings. The van der Waals surface area contributed by atoms with E-state index in [9.17, 15) is 14.4 Å². The summed E-state index contributed by atoms with van der Waals surface area (Å²) in [5, 5.41) is 0.505. The molecule has 0 fully saturated rings. The topological polar surface area (TPSA) is 82.8 Å². The Morgan fingerprint density at radius 1 is 0.812 bits per heavy atom. The summed E-state index contributed by atoms with van der Waals surface area (Å²) in [5.74, 6) is -1.40. The average Bonchev–Trinajstić information content (AvgIpc) is 2.83. The predicted molar refractivity (Wildman–Crippen MR) is 121 cm³/mol. The number of benzene rings is 3. The molecule has 0 aliphatic carbocycles. The summed E-state index contributed by atoms with van der Waals surface area (Å²) >= 11 is 0. The van der Waals surface area contributed by atoms with Gasteiger partial charge in [-0.3, -0.25) is 0 Å². The number of carbonyl (C=O) groups is 2. The van der Waals surface area contributed by atoms with E-state index in [0.717, 1.165) is 5.56 Å². The fourth-order valence-corrected chi connectivity index (χ4v) is 3.68. The highest BCUT2D eigenvalue weighted by Gasteiger charge is 2.25. The Hall–Kier alpha value is -4.19. The first kappa shape index (κ1) is 21.1. The molecule has 6 nitrogen and oxygen atoms in total. The standard InChI is InChI=1S/C26H20O6/c1-3-31-25(28)18-14-20-21(15-19(18)24(27)30-2)32-26(29)23(17-12-8-5-9-13-17)22(20)16-10-6-4-7-11-16/h4-15H,3H2,1-2H3. The van der Waals surface area contributed by atoms with E-state index < -0.39 is 17.6 Å². The summed E-state index contributed by atoms with van der Waals surface area (Å²) in [6.45, 7) is 1.82. The van der Waals surface area contributed by atoms with Gasteiger partial charge in [0.05, 0.1) is 30.4 Å². The predicted octanol–water partition coefficient (Wildman–Crippen LogP) is 5.09. The Morgan fingerprint density at radius 2 is 1.38 bits per heavy atom. The molecular weight excluding hydrogens is 408 g/mol. The Morgan fingerprint density at radius 3 is 1.94 bits per heavy atom. The van der Waals surface area contributed by atoms with Crippen LogP contribution in [0.2, 0.25) is 0 Å². The second-order valence-corrected chi connectivity index (χ2v) is 6.98. The summed E-state index contributed by atoms with van der Waals surface area (Å²) in [4.78, 5) is 38.2. The molecule has 1 heterocycles. The molecule has 6 heteroatoms. The SMILES string of the molecule is CCOC(=O)c1cc2c(-c3ccccc3)c(-c3ccccc3)c(=O)oc2cc1C(=O)OC. The maximum Gasteiger partial charge on any atom is 0.344 e. The van der Waals surface area contributed by atoms with Crippen molar-refractivity contribution in [2.45, 2.75) is 6.92 Å². The lowest BCUT2D eigenvalue weighted by Gasteiger charge is -2.15. The molecule has 160 valence electrons. The number of ether oxygens (including phenoxy) is 2. The maximum absolute atomic E-state index is 13.1. The van der Waals surface area contributed by atoms with Crippen molar-refractivity contribution in [1.29, 1.82) is 0 Å². The average molecular weight is 428 g/mol. The normalized spacial score (nSPS) is 10.7. The summed E-state index contributed by atoms with van der Waals surface area (Å²) in [6, 6.07) is 21.4. The summed E-state index contributed by atoms with van der Waals surface area (Å²) in [5.41, 5.74) is 2.03. The van der Waals surface area contributed by atoms with Crippen molar-refractivity contribution in [3.8, 4) is 22.3 Å². The van der Waals surface area contributed by atoms with E-state index in [2.05, 4.69) is 0 Å². The number of hydrogen-bond donors (Lipinski definition) is 0. The molecule has 1 aromatic heterocycles. The van der Waals surface area contributed by atoms with Gasteiger partial charge in [0.25, 0.3) is 0 Å². The molecule has 0 bridgehead atoms. The summed E-state index contributed by atoms with van der Waals surface area (Å²) in [6.07, 6.45) is 0. The minimum Gasteiger partial charge on any atom is -0.465 e. The Labute approximate surface area is 184 Å². The quantitative estimate of drug-likeness (QED) is 0.325. The van der Waals surface area contributed by atoms with Crippen molar-refractivity contribution in [3.63, 3.8) is 0 Å². The molecule has 0 atom stereocenters. The highest BCUT2D eigenvalue weighted by atomic mass is 16.5. The van der Waals surface area contributed by atoms with Crippen LogP contribution in [-0.2, 0) is 9.47 Å². The lowest BCUT2D eigenvalue weighted by molar-refractivity contribution is 0.0504. The van der Waals surface area contributed by atoms with Gasteiger partial charge in [-0.25, -0.2) is 14.4 Å². The van der Waals surface area contributed by atoms with Gasteiger partial charge in [-0.15, -0.1) is 0 Å². The van der Waals surface area contributed by atoms with Crippen molar-refractivity contribution < 1.29 is 23.5 Å². The van der Waals surface area contributed by atoms with E-state index >= 15 is 0 Å². The van der Waals surface area contributed by atoms with Crippen LogP contribution in [0.15, 0.2) is 82.0 Å². The van der Waals surface area contributed by atoms with Crippen LogP contribution < -0.4 is 5.63 Å². The zero-order valence-electron chi connectivity index (χ0n) is 17.6. The molecule has 0 N–H and O–H groups in total. The molecule has 0 aliphatic heterocycles. The van der Waals surface area contributed by atoms with Crippen LogP contribution in [0.3, 0.4) is 0 Å². The van der Waals surface area contributed by atoms with Gasteiger partial charge >= 0.3 is 17.6 Å². The van der Waals surface area contributed by atoms with Crippen LogP contribution in [0.4, 0.5) is 0 Å². The van der Waals surface area contributed by atoms with Crippen molar-refractivity contribution in [1.82, 2.24) is 0 Å². The van der Waals surface area contributed by atoms with Gasteiger partial charge in [0.15, 0.2) is 0 Å². The summed E-state index contributed by atoms with van der Waals surface area (Å²) in [7, 11) is 1.21. The molecule has 4 rings (SSSR count). The van der Waals surface area contributed by atoms with E-state index in [1.807, 2.05) is 60.7 Å². The van der Waals surface area contributed by atoms with Crippen molar-refractivity contribution >= 4 is 22.9 Å². The molecule has 0 aliphatic rings. The monoisotopic (exact) mass is 428 g/mol. The van der Waals surface area contributed by atoms with Gasteiger partial charge < -0.3 is 13.9 Å². The van der Waals surface area contributed by atoms with E-state index in [4.69, 9.17) is 13.9 Å². The third-order valence-corrected chi connectivity index (χ3v) is 5.07. The van der Waals surface area contributed by atoms with Gasteiger partial charge in [-0.2, -0.15) is 0 Å². The number of methoxy groups -OCH3 is 1. The van der Waals surface area contributed by atoms with Crippen molar-refractivity contribution in [3.05, 3.63) is 94.3 Å². The molecule has 0 amide bonds. The lowest BCUT2D eigenvalue weighted by Crippen LogP contribution is -2.14. The second kappa shape index (κ2) is 8.89. The van der Waals surface area contributed by atoms with E-state index in [1.165, 1.54) is 19.2 Å². The smallest absolute Gasteiger partial charge is 0.344 e. The largest absolute Gasteiger partial charge is 0.465 e. The van der Waals surface area contributed by atoms with Gasteiger partial charge in [0, 0.05) is 10.9 Å². The minimum atomic E-state index is -0.731. The Kier molecular flexibility index (Phi) is 5.85. The van der Waals surface area contributed by atoms with Gasteiger partial charge in [-0.1, -0.05) is 60.7 Å². The molecule has 3 aromatic carbocycles. The zero-order valence-corrected chi connectivity index (χ0v) is 17.6. The van der Waals surface area contributed by atoms with E-state index in [-0.39, 0.29) is 23.3 Å². The van der Waals surface area contributed by atoms with E-state index in [1.54, 1.807) is 6.92 Å². The number of rotatable bonds is 5. The highest BCUT2D eigenvalue weighted by molar-refractivity contribution is 6.10. The molecule has 0 saturated carbocycles. The number of fused-ring (bicyclic) bond motifs is 1. The van der Waals surface area contributed by atoms with Crippen LogP contribution in [0.1, 0.15) is 27.6 Å². The van der Waals surface area contributed by atoms with Crippen LogP contribution >= 0.6 is 0 Å². The highest BCUT2D eigenvalue weighted by Crippen LogP contribution is 2.37. The Balaban J connectivity index is 2.15. The van der Waals surface area contributed by atoms with Crippen LogP contribution in [0.25, 0.3) is 33.2 Å². The lowest BCUT2D eigenvalue weighted by atomic mass is 9.91. The molecule has 0 spiro atoms. The first-order valence-electron chi connectivity index (χ1n) is 10.1. The molecule has 0 unspecified atom stereocenters. The maximum atomic E-state index is 13.1. The molecule has 0 saturated heterocycles. The summed E-state index contributed by atoms with van der Waals surface area (Å²) < 4.78 is 15.6. The third kappa shape index (κ3) is 3.78. The number of hydrogen-bond acceptors (Lipinski definition) is 6. The first-order valence-corrected chi connectivity index (χ1v) is 10.1. The molecule has 0 radical (unpaired) electrons. The van der Waals surface area contributed by atoms with Crippen LogP contribution in [0.5, 0.6) is 0 Å². The molecular formula is C26H20O6.